The maximum absolute atomic E-state index is 10.6. The molecule has 0 bridgehead atoms. The number of aromatic hydroxyl groups is 1. The van der Waals surface area contributed by atoms with E-state index < -0.39 is 24.2 Å². The molecule has 20 heavy (non-hydrogen) atoms. The third kappa shape index (κ3) is 7.21. The van der Waals surface area contributed by atoms with Gasteiger partial charge in [-0.15, -0.1) is 0 Å². The van der Waals surface area contributed by atoms with Crippen LogP contribution in [0.2, 0.25) is 0 Å². The van der Waals surface area contributed by atoms with Gasteiger partial charge in [0.05, 0.1) is 0 Å². The summed E-state index contributed by atoms with van der Waals surface area (Å²) in [5.41, 5.74) is 6.03. The van der Waals surface area contributed by atoms with E-state index in [4.69, 9.17) is 25.8 Å². The lowest BCUT2D eigenvalue weighted by Crippen LogP contribution is -2.32. The molecular formula is C11H12F3NO5. The molecule has 0 aromatic heterocycles. The van der Waals surface area contributed by atoms with Crippen molar-refractivity contribution in [2.24, 2.45) is 5.73 Å². The van der Waals surface area contributed by atoms with Crippen LogP contribution < -0.4 is 5.73 Å². The van der Waals surface area contributed by atoms with Gasteiger partial charge in [-0.25, -0.2) is 4.79 Å². The zero-order valence-electron chi connectivity index (χ0n) is 9.96. The van der Waals surface area contributed by atoms with Crippen LogP contribution >= 0.6 is 0 Å². The number of aliphatic carboxylic acids is 2. The van der Waals surface area contributed by atoms with Crippen LogP contribution in [0.15, 0.2) is 24.3 Å². The molecule has 112 valence electrons. The van der Waals surface area contributed by atoms with Gasteiger partial charge in [0.15, 0.2) is 0 Å². The van der Waals surface area contributed by atoms with Crippen LogP contribution in [-0.2, 0) is 16.0 Å². The quantitative estimate of drug-likeness (QED) is 0.659. The van der Waals surface area contributed by atoms with Crippen LogP contribution in [0.3, 0.4) is 0 Å². The lowest BCUT2D eigenvalue weighted by Gasteiger charge is -2.05. The monoisotopic (exact) mass is 295 g/mol. The van der Waals surface area contributed by atoms with Crippen molar-refractivity contribution >= 4 is 11.9 Å². The zero-order valence-corrected chi connectivity index (χ0v) is 9.96. The smallest absolute Gasteiger partial charge is 0.490 e. The lowest BCUT2D eigenvalue weighted by molar-refractivity contribution is -0.192. The number of carboxylic acids is 2. The van der Waals surface area contributed by atoms with Crippen molar-refractivity contribution in [2.75, 3.05) is 0 Å². The van der Waals surface area contributed by atoms with Crippen LogP contribution in [0.5, 0.6) is 5.75 Å². The molecule has 0 amide bonds. The van der Waals surface area contributed by atoms with Gasteiger partial charge in [0.2, 0.25) is 0 Å². The van der Waals surface area contributed by atoms with E-state index in [0.717, 1.165) is 5.56 Å². The number of benzene rings is 1. The fourth-order valence-electron chi connectivity index (χ4n) is 1.02. The summed E-state index contributed by atoms with van der Waals surface area (Å²) < 4.78 is 31.7. The van der Waals surface area contributed by atoms with E-state index >= 15 is 0 Å². The van der Waals surface area contributed by atoms with Crippen molar-refractivity contribution in [1.29, 1.82) is 0 Å². The van der Waals surface area contributed by atoms with E-state index in [2.05, 4.69) is 0 Å². The molecule has 1 unspecified atom stereocenters. The van der Waals surface area contributed by atoms with Crippen molar-refractivity contribution in [3.05, 3.63) is 29.8 Å². The minimum absolute atomic E-state index is 0.120. The lowest BCUT2D eigenvalue weighted by atomic mass is 10.1. The highest BCUT2D eigenvalue weighted by molar-refractivity contribution is 5.73. The summed E-state index contributed by atoms with van der Waals surface area (Å²) in [6.07, 6.45) is -4.86. The fourth-order valence-corrected chi connectivity index (χ4v) is 1.02. The molecule has 1 aromatic carbocycles. The van der Waals surface area contributed by atoms with Gasteiger partial charge in [0, 0.05) is 0 Å². The highest BCUT2D eigenvalue weighted by atomic mass is 19.4. The predicted molar refractivity (Wildman–Crippen MR) is 61.1 cm³/mol. The molecule has 1 atom stereocenters. The predicted octanol–water partition coefficient (Wildman–Crippen LogP) is 0.980. The average molecular weight is 295 g/mol. The summed E-state index contributed by atoms with van der Waals surface area (Å²) >= 11 is 0. The Bertz CT molecular complexity index is 475. The standard InChI is InChI=1S/C9H11NO3.C2HF3O2/c10-8(9(12)13)5-6-2-1-3-7(11)4-6;3-2(4,5)1(6)7/h1-4,8,11H,5,10H2,(H,12,13);(H,6,7). The molecule has 5 N–H and O–H groups in total. The van der Waals surface area contributed by atoms with Crippen LogP contribution in [-0.4, -0.2) is 39.5 Å². The number of hydrogen-bond donors (Lipinski definition) is 4. The normalized spacial score (nSPS) is 12.0. The first-order valence-electron chi connectivity index (χ1n) is 5.10. The minimum Gasteiger partial charge on any atom is -0.508 e. The van der Waals surface area contributed by atoms with E-state index in [0.29, 0.717) is 0 Å². The van der Waals surface area contributed by atoms with E-state index in [1.807, 2.05) is 0 Å². The number of alkyl halides is 3. The number of carboxylic acid groups (broad SMARTS) is 2. The van der Waals surface area contributed by atoms with Crippen molar-refractivity contribution in [3.8, 4) is 5.75 Å². The van der Waals surface area contributed by atoms with E-state index in [-0.39, 0.29) is 12.2 Å². The summed E-state index contributed by atoms with van der Waals surface area (Å²) in [5, 5.41) is 24.7. The summed E-state index contributed by atoms with van der Waals surface area (Å²) in [4.78, 5) is 19.3. The molecule has 0 heterocycles. The number of phenolic OH excluding ortho intramolecular Hbond substituents is 1. The molecule has 0 aliphatic heterocycles. The summed E-state index contributed by atoms with van der Waals surface area (Å²) in [6.45, 7) is 0. The highest BCUT2D eigenvalue weighted by Gasteiger charge is 2.38. The number of halogens is 3. The SMILES string of the molecule is NC(Cc1cccc(O)c1)C(=O)O.O=C(O)C(F)(F)F. The van der Waals surface area contributed by atoms with Gasteiger partial charge in [-0.05, 0) is 24.1 Å². The van der Waals surface area contributed by atoms with Gasteiger partial charge in [0.1, 0.15) is 11.8 Å². The second-order valence-corrected chi connectivity index (χ2v) is 3.62. The molecular weight excluding hydrogens is 283 g/mol. The van der Waals surface area contributed by atoms with Crippen LogP contribution in [0.25, 0.3) is 0 Å². The summed E-state index contributed by atoms with van der Waals surface area (Å²) in [7, 11) is 0. The van der Waals surface area contributed by atoms with Gasteiger partial charge < -0.3 is 21.1 Å². The third-order valence-corrected chi connectivity index (χ3v) is 1.93. The van der Waals surface area contributed by atoms with E-state index in [1.165, 1.54) is 12.1 Å². The Labute approximate surface area is 111 Å². The van der Waals surface area contributed by atoms with Crippen molar-refractivity contribution in [3.63, 3.8) is 0 Å². The van der Waals surface area contributed by atoms with Gasteiger partial charge in [-0.2, -0.15) is 13.2 Å². The first-order valence-corrected chi connectivity index (χ1v) is 5.10. The molecule has 0 saturated heterocycles. The van der Waals surface area contributed by atoms with Gasteiger partial charge in [-0.3, -0.25) is 4.79 Å². The highest BCUT2D eigenvalue weighted by Crippen LogP contribution is 2.13. The Hall–Kier alpha value is -2.29. The third-order valence-electron chi connectivity index (χ3n) is 1.93. The van der Waals surface area contributed by atoms with Crippen molar-refractivity contribution < 1.29 is 38.1 Å². The van der Waals surface area contributed by atoms with Crippen LogP contribution in [0.4, 0.5) is 13.2 Å². The van der Waals surface area contributed by atoms with E-state index in [1.54, 1.807) is 12.1 Å². The van der Waals surface area contributed by atoms with Crippen molar-refractivity contribution in [2.45, 2.75) is 18.6 Å². The summed E-state index contributed by atoms with van der Waals surface area (Å²) in [6, 6.07) is 5.49. The number of nitrogens with two attached hydrogens (primary N) is 1. The Morgan fingerprint density at radius 3 is 2.10 bits per heavy atom. The Morgan fingerprint density at radius 2 is 1.75 bits per heavy atom. The number of rotatable bonds is 3. The Balaban J connectivity index is 0.000000441. The van der Waals surface area contributed by atoms with Gasteiger partial charge in [0.25, 0.3) is 0 Å². The number of carbonyl (C=O) groups is 2. The minimum atomic E-state index is -5.08. The average Bonchev–Trinajstić information content (AvgIpc) is 2.28. The maximum Gasteiger partial charge on any atom is 0.490 e. The van der Waals surface area contributed by atoms with Crippen LogP contribution in [0.1, 0.15) is 5.56 Å². The van der Waals surface area contributed by atoms with Crippen molar-refractivity contribution in [1.82, 2.24) is 0 Å². The second kappa shape index (κ2) is 7.34. The molecule has 0 fully saturated rings. The summed E-state index contributed by atoms with van der Waals surface area (Å²) in [5.74, 6) is -3.68. The molecule has 0 aliphatic rings. The largest absolute Gasteiger partial charge is 0.508 e. The molecule has 6 nitrogen and oxygen atoms in total. The number of hydrogen-bond acceptors (Lipinski definition) is 4. The Kier molecular flexibility index (Phi) is 6.50. The zero-order chi connectivity index (χ0) is 15.9. The topological polar surface area (TPSA) is 121 Å². The molecule has 0 aliphatic carbocycles. The van der Waals surface area contributed by atoms with Gasteiger partial charge >= 0.3 is 18.1 Å². The first-order chi connectivity index (χ1) is 9.04. The molecule has 1 aromatic rings. The maximum atomic E-state index is 10.6. The van der Waals surface area contributed by atoms with E-state index in [9.17, 15) is 18.0 Å². The van der Waals surface area contributed by atoms with Gasteiger partial charge in [-0.1, -0.05) is 12.1 Å². The first kappa shape index (κ1) is 17.7. The molecule has 0 spiro atoms. The molecule has 9 heteroatoms. The second-order valence-electron chi connectivity index (χ2n) is 3.62. The van der Waals surface area contributed by atoms with Crippen LogP contribution in [0, 0.1) is 0 Å². The fraction of sp³-hybridized carbons (Fsp3) is 0.273. The molecule has 1 rings (SSSR count). The Morgan fingerprint density at radius 1 is 1.25 bits per heavy atom. The molecule has 0 radical (unpaired) electrons. The number of phenols is 1. The molecule has 0 saturated carbocycles.